The molecule has 0 heterocycles. The molecule has 0 spiro atoms. The molecule has 0 fully saturated rings. The van der Waals surface area contributed by atoms with Crippen LogP contribution in [0.25, 0.3) is 0 Å². The van der Waals surface area contributed by atoms with Crippen LogP contribution < -0.4 is 5.32 Å². The topological polar surface area (TPSA) is 49.3 Å². The molecule has 3 nitrogen and oxygen atoms in total. The summed E-state index contributed by atoms with van der Waals surface area (Å²) in [5.74, 6) is -0.852. The van der Waals surface area contributed by atoms with E-state index in [4.69, 9.17) is 11.6 Å². The van der Waals surface area contributed by atoms with Crippen molar-refractivity contribution in [3.63, 3.8) is 0 Å². The van der Waals surface area contributed by atoms with Crippen molar-refractivity contribution in [2.75, 3.05) is 5.32 Å². The predicted octanol–water partition coefficient (Wildman–Crippen LogP) is 4.31. The van der Waals surface area contributed by atoms with Gasteiger partial charge in [0.05, 0.1) is 5.41 Å². The van der Waals surface area contributed by atoms with Crippen molar-refractivity contribution in [2.45, 2.75) is 25.8 Å². The number of hydrogen-bond acceptors (Lipinski definition) is 2. The Kier molecular flexibility index (Phi) is 4.53. The van der Waals surface area contributed by atoms with E-state index in [-0.39, 0.29) is 0 Å². The highest BCUT2D eigenvalue weighted by Crippen LogP contribution is 2.30. The molecular weight excluding hydrogens is 286 g/mol. The largest absolute Gasteiger partial charge is 0.481 e. The summed E-state index contributed by atoms with van der Waals surface area (Å²) in [7, 11) is 0. The van der Waals surface area contributed by atoms with E-state index in [9.17, 15) is 9.90 Å². The average molecular weight is 304 g/mol. The fourth-order valence-corrected chi connectivity index (χ4v) is 2.33. The van der Waals surface area contributed by atoms with Crippen LogP contribution in [0, 0.1) is 0 Å². The second-order valence-corrected chi connectivity index (χ2v) is 5.83. The van der Waals surface area contributed by atoms with Gasteiger partial charge in [0.1, 0.15) is 0 Å². The zero-order valence-electron chi connectivity index (χ0n) is 12.1. The monoisotopic (exact) mass is 303 g/mol. The highest BCUT2D eigenvalue weighted by atomic mass is 35.5. The zero-order valence-corrected chi connectivity index (χ0v) is 12.8. The number of halogens is 1. The number of para-hydroxylation sites is 1. The minimum Gasteiger partial charge on any atom is -0.481 e. The molecule has 0 aliphatic rings. The highest BCUT2D eigenvalue weighted by molar-refractivity contribution is 6.31. The minimum atomic E-state index is -0.954. The number of carbonyl (C=O) groups is 1. The van der Waals surface area contributed by atoms with Gasteiger partial charge in [0.15, 0.2) is 0 Å². The third-order valence-electron chi connectivity index (χ3n) is 3.56. The van der Waals surface area contributed by atoms with Crippen LogP contribution in [0.2, 0.25) is 5.02 Å². The number of carboxylic acid groups (broad SMARTS) is 1. The maximum atomic E-state index is 11.5. The molecule has 0 aliphatic carbocycles. The van der Waals surface area contributed by atoms with Crippen molar-refractivity contribution in [3.8, 4) is 0 Å². The first kappa shape index (κ1) is 15.4. The molecule has 0 bridgehead atoms. The molecule has 2 rings (SSSR count). The van der Waals surface area contributed by atoms with Crippen LogP contribution in [0.15, 0.2) is 48.5 Å². The van der Waals surface area contributed by atoms with Gasteiger partial charge in [-0.15, -0.1) is 0 Å². The smallest absolute Gasteiger partial charge is 0.313 e. The molecule has 21 heavy (non-hydrogen) atoms. The Labute approximate surface area is 129 Å². The maximum absolute atomic E-state index is 11.5. The fraction of sp³-hybridized carbons (Fsp3) is 0.235. The van der Waals surface area contributed by atoms with E-state index in [2.05, 4.69) is 5.32 Å². The van der Waals surface area contributed by atoms with Crippen LogP contribution in [0.3, 0.4) is 0 Å². The first-order valence-electron chi connectivity index (χ1n) is 6.73. The number of aliphatic carboxylic acids is 1. The van der Waals surface area contributed by atoms with Gasteiger partial charge in [0.2, 0.25) is 0 Å². The van der Waals surface area contributed by atoms with Crippen LogP contribution in [0.5, 0.6) is 0 Å². The Morgan fingerprint density at radius 2 is 1.76 bits per heavy atom. The summed E-state index contributed by atoms with van der Waals surface area (Å²) in [6.07, 6.45) is 0. The number of benzene rings is 2. The molecular formula is C17H18ClNO2. The molecule has 2 aromatic rings. The summed E-state index contributed by atoms with van der Waals surface area (Å²) in [6, 6.07) is 15.0. The van der Waals surface area contributed by atoms with E-state index in [0.717, 1.165) is 16.8 Å². The summed E-state index contributed by atoms with van der Waals surface area (Å²) < 4.78 is 0. The Morgan fingerprint density at radius 1 is 1.14 bits per heavy atom. The second kappa shape index (κ2) is 6.19. The van der Waals surface area contributed by atoms with Gasteiger partial charge in [-0.2, -0.15) is 0 Å². The van der Waals surface area contributed by atoms with E-state index < -0.39 is 11.4 Å². The number of hydrogen-bond donors (Lipinski definition) is 2. The molecule has 110 valence electrons. The van der Waals surface area contributed by atoms with Gasteiger partial charge < -0.3 is 10.4 Å². The van der Waals surface area contributed by atoms with Crippen LogP contribution in [0.1, 0.15) is 25.0 Å². The van der Waals surface area contributed by atoms with Crippen molar-refractivity contribution in [2.24, 2.45) is 0 Å². The van der Waals surface area contributed by atoms with E-state index in [0.29, 0.717) is 11.6 Å². The maximum Gasteiger partial charge on any atom is 0.313 e. The lowest BCUT2D eigenvalue weighted by molar-refractivity contribution is -0.142. The number of nitrogens with one attached hydrogen (secondary N) is 1. The quantitative estimate of drug-likeness (QED) is 0.865. The van der Waals surface area contributed by atoms with Crippen molar-refractivity contribution in [1.29, 1.82) is 0 Å². The molecule has 0 aliphatic heterocycles. The zero-order chi connectivity index (χ0) is 15.5. The first-order valence-corrected chi connectivity index (χ1v) is 7.11. The lowest BCUT2D eigenvalue weighted by Gasteiger charge is -2.23. The van der Waals surface area contributed by atoms with Crippen LogP contribution in [-0.4, -0.2) is 11.1 Å². The standard InChI is InChI=1S/C17H18ClNO2/c1-17(2,16(20)21)13-8-4-6-10-15(13)19-11-12-7-3-5-9-14(12)18/h3-10,19H,11H2,1-2H3,(H,20,21). The SMILES string of the molecule is CC(C)(C(=O)O)c1ccccc1NCc1ccccc1Cl. The Hall–Kier alpha value is -2.00. The Balaban J connectivity index is 2.26. The number of anilines is 1. The highest BCUT2D eigenvalue weighted by Gasteiger charge is 2.31. The molecule has 2 N–H and O–H groups in total. The molecule has 4 heteroatoms. The summed E-state index contributed by atoms with van der Waals surface area (Å²) in [5, 5.41) is 13.4. The summed E-state index contributed by atoms with van der Waals surface area (Å²) in [6.45, 7) is 3.95. The van der Waals surface area contributed by atoms with Gasteiger partial charge in [-0.1, -0.05) is 48.0 Å². The van der Waals surface area contributed by atoms with E-state index in [1.807, 2.05) is 48.5 Å². The van der Waals surface area contributed by atoms with Gasteiger partial charge in [0.25, 0.3) is 0 Å². The number of carboxylic acids is 1. The second-order valence-electron chi connectivity index (χ2n) is 5.42. The third kappa shape index (κ3) is 3.37. The first-order chi connectivity index (χ1) is 9.93. The van der Waals surface area contributed by atoms with Crippen molar-refractivity contribution < 1.29 is 9.90 Å². The lowest BCUT2D eigenvalue weighted by atomic mass is 9.83. The van der Waals surface area contributed by atoms with E-state index in [1.165, 1.54) is 0 Å². The van der Waals surface area contributed by atoms with Gasteiger partial charge in [-0.25, -0.2) is 0 Å². The van der Waals surface area contributed by atoms with Gasteiger partial charge in [-0.3, -0.25) is 4.79 Å². The fourth-order valence-electron chi connectivity index (χ4n) is 2.13. The molecule has 2 aromatic carbocycles. The van der Waals surface area contributed by atoms with Crippen molar-refractivity contribution in [1.82, 2.24) is 0 Å². The van der Waals surface area contributed by atoms with Crippen LogP contribution in [0.4, 0.5) is 5.69 Å². The van der Waals surface area contributed by atoms with Crippen molar-refractivity contribution in [3.05, 3.63) is 64.7 Å². The normalized spacial score (nSPS) is 11.2. The van der Waals surface area contributed by atoms with Crippen molar-refractivity contribution >= 4 is 23.3 Å². The summed E-state index contributed by atoms with van der Waals surface area (Å²) in [5.41, 5.74) is 1.58. The Morgan fingerprint density at radius 3 is 2.43 bits per heavy atom. The molecule has 0 aromatic heterocycles. The van der Waals surface area contributed by atoms with Crippen LogP contribution in [-0.2, 0) is 16.8 Å². The molecule has 0 radical (unpaired) electrons. The van der Waals surface area contributed by atoms with E-state index in [1.54, 1.807) is 13.8 Å². The predicted molar refractivity (Wildman–Crippen MR) is 85.9 cm³/mol. The molecule has 0 saturated heterocycles. The third-order valence-corrected chi connectivity index (χ3v) is 3.93. The molecule has 0 unspecified atom stereocenters. The summed E-state index contributed by atoms with van der Waals surface area (Å²) >= 11 is 6.14. The van der Waals surface area contributed by atoms with Gasteiger partial charge >= 0.3 is 5.97 Å². The minimum absolute atomic E-state index is 0.548. The number of rotatable bonds is 5. The van der Waals surface area contributed by atoms with Crippen LogP contribution >= 0.6 is 11.6 Å². The van der Waals surface area contributed by atoms with Gasteiger partial charge in [-0.05, 0) is 37.1 Å². The molecule has 0 atom stereocenters. The van der Waals surface area contributed by atoms with Gasteiger partial charge in [0, 0.05) is 17.3 Å². The molecule has 0 saturated carbocycles. The Bertz CT molecular complexity index is 653. The van der Waals surface area contributed by atoms with E-state index >= 15 is 0 Å². The molecule has 0 amide bonds. The average Bonchev–Trinajstić information content (AvgIpc) is 2.46. The lowest BCUT2D eigenvalue weighted by Crippen LogP contribution is -2.29. The summed E-state index contributed by atoms with van der Waals surface area (Å²) in [4.78, 5) is 11.5.